The van der Waals surface area contributed by atoms with Gasteiger partial charge in [0.05, 0.1) is 16.7 Å². The summed E-state index contributed by atoms with van der Waals surface area (Å²) >= 11 is 0. The van der Waals surface area contributed by atoms with Gasteiger partial charge in [0, 0.05) is 36.9 Å². The van der Waals surface area contributed by atoms with E-state index >= 15 is 0 Å². The summed E-state index contributed by atoms with van der Waals surface area (Å²) in [5.74, 6) is 0.184. The van der Waals surface area contributed by atoms with Crippen LogP contribution < -0.4 is 4.90 Å². The van der Waals surface area contributed by atoms with Gasteiger partial charge in [0.2, 0.25) is 5.91 Å². The van der Waals surface area contributed by atoms with Crippen molar-refractivity contribution < 1.29 is 13.9 Å². The number of aromatic nitrogens is 1. The van der Waals surface area contributed by atoms with Gasteiger partial charge >= 0.3 is 0 Å². The maximum Gasteiger partial charge on any atom is 0.248 e. The maximum absolute atomic E-state index is 14.6. The van der Waals surface area contributed by atoms with Gasteiger partial charge in [-0.15, -0.1) is 0 Å². The molecule has 3 heterocycles. The van der Waals surface area contributed by atoms with Gasteiger partial charge in [0.1, 0.15) is 30.4 Å². The molecule has 3 fully saturated rings. The lowest BCUT2D eigenvalue weighted by Gasteiger charge is -2.41. The number of likely N-dealkylation sites (tertiary alicyclic amines) is 1. The SMILES string of the molecule is N#Cc1ccc(N2C3CCC2CN(C(=O)COC2(c4cccc(C#N)c4F)CC2)C3)nc1. The number of piperazine rings is 1. The zero-order valence-corrected chi connectivity index (χ0v) is 17.5. The molecule has 0 spiro atoms. The van der Waals surface area contributed by atoms with Crippen molar-refractivity contribution in [3.05, 3.63) is 59.0 Å². The normalized spacial score (nSPS) is 22.8. The summed E-state index contributed by atoms with van der Waals surface area (Å²) in [6.45, 7) is 1.07. The minimum atomic E-state index is -0.806. The molecule has 5 rings (SSSR count). The topological polar surface area (TPSA) is 93.3 Å². The molecule has 2 atom stereocenters. The lowest BCUT2D eigenvalue weighted by Crippen LogP contribution is -2.56. The Morgan fingerprint density at radius 2 is 1.91 bits per heavy atom. The van der Waals surface area contributed by atoms with E-state index in [2.05, 4.69) is 16.0 Å². The number of amides is 1. The van der Waals surface area contributed by atoms with Crippen molar-refractivity contribution >= 4 is 11.7 Å². The van der Waals surface area contributed by atoms with Crippen LogP contribution >= 0.6 is 0 Å². The Balaban J connectivity index is 1.24. The number of rotatable bonds is 5. The van der Waals surface area contributed by atoms with Crippen molar-refractivity contribution in [2.45, 2.75) is 43.4 Å². The highest BCUT2D eigenvalue weighted by Gasteiger charge is 2.49. The van der Waals surface area contributed by atoms with E-state index in [4.69, 9.17) is 15.3 Å². The Morgan fingerprint density at radius 1 is 1.16 bits per heavy atom. The van der Waals surface area contributed by atoms with Gasteiger partial charge in [-0.05, 0) is 43.9 Å². The molecule has 2 aliphatic heterocycles. The summed E-state index contributed by atoms with van der Waals surface area (Å²) in [6, 6.07) is 12.7. The van der Waals surface area contributed by atoms with Crippen LogP contribution in [0.15, 0.2) is 36.5 Å². The van der Waals surface area contributed by atoms with Crippen LogP contribution in [0.1, 0.15) is 42.4 Å². The number of anilines is 1. The minimum absolute atomic E-state index is 0.00666. The molecule has 0 N–H and O–H groups in total. The first-order chi connectivity index (χ1) is 15.5. The number of benzene rings is 1. The van der Waals surface area contributed by atoms with Crippen LogP contribution in [0, 0.1) is 28.5 Å². The van der Waals surface area contributed by atoms with Gasteiger partial charge in [-0.25, -0.2) is 9.37 Å². The summed E-state index contributed by atoms with van der Waals surface area (Å²) < 4.78 is 20.6. The number of carbonyl (C=O) groups excluding carboxylic acids is 1. The molecule has 3 aliphatic rings. The summed E-state index contributed by atoms with van der Waals surface area (Å²) in [4.78, 5) is 21.5. The van der Waals surface area contributed by atoms with Crippen LogP contribution in [0.4, 0.5) is 10.2 Å². The van der Waals surface area contributed by atoms with Gasteiger partial charge < -0.3 is 14.5 Å². The monoisotopic (exact) mass is 431 g/mol. The minimum Gasteiger partial charge on any atom is -0.360 e. The lowest BCUT2D eigenvalue weighted by molar-refractivity contribution is -0.140. The summed E-state index contributed by atoms with van der Waals surface area (Å²) in [5.41, 5.74) is 0.0755. The Bertz CT molecular complexity index is 1120. The first-order valence-electron chi connectivity index (χ1n) is 10.8. The van der Waals surface area contributed by atoms with E-state index in [0.717, 1.165) is 18.7 Å². The van der Waals surface area contributed by atoms with Crippen molar-refractivity contribution in [1.82, 2.24) is 9.88 Å². The molecule has 1 saturated carbocycles. The third-order valence-corrected chi connectivity index (χ3v) is 6.76. The number of nitrogens with zero attached hydrogens (tertiary/aromatic N) is 5. The molecule has 8 heteroatoms. The quantitative estimate of drug-likeness (QED) is 0.723. The van der Waals surface area contributed by atoms with Crippen LogP contribution in [-0.4, -0.2) is 47.6 Å². The third kappa shape index (κ3) is 3.47. The molecule has 1 amide bonds. The molecule has 2 unspecified atom stereocenters. The van der Waals surface area contributed by atoms with Crippen LogP contribution in [0.5, 0.6) is 0 Å². The second kappa shape index (κ2) is 7.89. The third-order valence-electron chi connectivity index (χ3n) is 6.76. The van der Waals surface area contributed by atoms with Gasteiger partial charge in [0.25, 0.3) is 0 Å². The van der Waals surface area contributed by atoms with E-state index in [0.29, 0.717) is 37.1 Å². The van der Waals surface area contributed by atoms with Crippen molar-refractivity contribution in [3.63, 3.8) is 0 Å². The molecule has 32 heavy (non-hydrogen) atoms. The fraction of sp³-hybridized carbons (Fsp3) is 0.417. The van der Waals surface area contributed by atoms with Crippen LogP contribution in [0.2, 0.25) is 0 Å². The van der Waals surface area contributed by atoms with Crippen molar-refractivity contribution in [2.75, 3.05) is 24.6 Å². The van der Waals surface area contributed by atoms with E-state index in [9.17, 15) is 9.18 Å². The molecule has 2 aromatic rings. The molecule has 1 aromatic carbocycles. The van der Waals surface area contributed by atoms with Gasteiger partial charge in [0.15, 0.2) is 0 Å². The fourth-order valence-electron chi connectivity index (χ4n) is 4.95. The molecule has 7 nitrogen and oxygen atoms in total. The smallest absolute Gasteiger partial charge is 0.248 e. The summed E-state index contributed by atoms with van der Waals surface area (Å²) in [5, 5.41) is 18.1. The molecule has 1 aliphatic carbocycles. The number of nitriles is 2. The standard InChI is InChI=1S/C24H22FN5O2/c25-23-17(11-27)2-1-3-20(23)24(8-9-24)32-15-22(31)29-13-18-5-6-19(14-29)30(18)21-7-4-16(10-26)12-28-21/h1-4,7,12,18-19H,5-6,8-9,13-15H2. The van der Waals surface area contributed by atoms with Crippen molar-refractivity contribution in [3.8, 4) is 12.1 Å². The van der Waals surface area contributed by atoms with E-state index in [1.54, 1.807) is 24.4 Å². The first-order valence-corrected chi connectivity index (χ1v) is 10.8. The predicted molar refractivity (Wildman–Crippen MR) is 113 cm³/mol. The lowest BCUT2D eigenvalue weighted by atomic mass is 10.0. The molecular weight excluding hydrogens is 409 g/mol. The molecule has 2 saturated heterocycles. The van der Waals surface area contributed by atoms with Crippen LogP contribution in [-0.2, 0) is 15.1 Å². The first kappa shape index (κ1) is 20.4. The predicted octanol–water partition coefficient (Wildman–Crippen LogP) is 2.85. The van der Waals surface area contributed by atoms with Gasteiger partial charge in [-0.1, -0.05) is 12.1 Å². The Kier molecular flexibility index (Phi) is 5.03. The Morgan fingerprint density at radius 3 is 2.50 bits per heavy atom. The maximum atomic E-state index is 14.6. The van der Waals surface area contributed by atoms with Crippen molar-refractivity contribution in [1.29, 1.82) is 10.5 Å². The summed E-state index contributed by atoms with van der Waals surface area (Å²) in [6.07, 6.45) is 4.81. The second-order valence-corrected chi connectivity index (χ2v) is 8.67. The van der Waals surface area contributed by atoms with E-state index in [-0.39, 0.29) is 30.2 Å². The number of hydrogen-bond acceptors (Lipinski definition) is 6. The molecule has 0 radical (unpaired) electrons. The highest BCUT2D eigenvalue weighted by molar-refractivity contribution is 5.78. The number of pyridine rings is 1. The van der Waals surface area contributed by atoms with E-state index < -0.39 is 11.4 Å². The van der Waals surface area contributed by atoms with Crippen LogP contribution in [0.25, 0.3) is 0 Å². The van der Waals surface area contributed by atoms with Crippen molar-refractivity contribution in [2.24, 2.45) is 0 Å². The highest BCUT2D eigenvalue weighted by atomic mass is 19.1. The Labute approximate surface area is 185 Å². The van der Waals surface area contributed by atoms with E-state index in [1.165, 1.54) is 6.07 Å². The zero-order valence-electron chi connectivity index (χ0n) is 17.5. The average molecular weight is 431 g/mol. The number of carbonyl (C=O) groups is 1. The van der Waals surface area contributed by atoms with E-state index in [1.807, 2.05) is 17.0 Å². The average Bonchev–Trinajstić information content (AvgIpc) is 3.56. The summed E-state index contributed by atoms with van der Waals surface area (Å²) in [7, 11) is 0. The number of ether oxygens (including phenoxy) is 1. The second-order valence-electron chi connectivity index (χ2n) is 8.67. The Hall–Kier alpha value is -3.49. The number of fused-ring (bicyclic) bond motifs is 2. The van der Waals surface area contributed by atoms with Crippen LogP contribution in [0.3, 0.4) is 0 Å². The van der Waals surface area contributed by atoms with Gasteiger partial charge in [-0.3, -0.25) is 4.79 Å². The molecule has 162 valence electrons. The number of hydrogen-bond donors (Lipinski definition) is 0. The largest absolute Gasteiger partial charge is 0.360 e. The molecule has 2 bridgehead atoms. The number of halogens is 1. The van der Waals surface area contributed by atoms with Gasteiger partial charge in [-0.2, -0.15) is 10.5 Å². The zero-order chi connectivity index (χ0) is 22.3. The molecular formula is C24H22FN5O2. The fourth-order valence-corrected chi connectivity index (χ4v) is 4.95. The highest BCUT2D eigenvalue weighted by Crippen LogP contribution is 2.50. The molecule has 1 aromatic heterocycles.